The molecule has 0 fully saturated rings. The fourth-order valence-corrected chi connectivity index (χ4v) is 2.69. The van der Waals surface area contributed by atoms with Crippen molar-refractivity contribution in [3.63, 3.8) is 0 Å². The van der Waals surface area contributed by atoms with E-state index in [9.17, 15) is 24.0 Å². The highest BCUT2D eigenvalue weighted by molar-refractivity contribution is 6.30. The van der Waals surface area contributed by atoms with Gasteiger partial charge in [0.2, 0.25) is 0 Å². The molecular formula is C22H21ClN2O8. The van der Waals surface area contributed by atoms with Crippen LogP contribution in [0.1, 0.15) is 38.0 Å². The number of amides is 2. The standard InChI is InChI=1S/C22H21ClN2O8/c1-12(24-19(27)13-4-7-15(23)8-5-13)20(28)33-11-18(26)25-17-10-14(21(29)31-2)6-9-16(17)22(30)32-3/h4-10,12H,11H2,1-3H3,(H,24,27)(H,25,26)/t12-/m0/s1. The maximum atomic E-state index is 12.3. The summed E-state index contributed by atoms with van der Waals surface area (Å²) in [6, 6.07) is 8.84. The first-order chi connectivity index (χ1) is 15.7. The minimum atomic E-state index is -1.05. The van der Waals surface area contributed by atoms with Crippen LogP contribution in [0.15, 0.2) is 42.5 Å². The van der Waals surface area contributed by atoms with Crippen molar-refractivity contribution in [1.82, 2.24) is 5.32 Å². The van der Waals surface area contributed by atoms with Crippen LogP contribution >= 0.6 is 11.6 Å². The molecule has 0 saturated heterocycles. The fraction of sp³-hybridized carbons (Fsp3) is 0.227. The Labute approximate surface area is 194 Å². The third-order valence-electron chi connectivity index (χ3n) is 4.27. The molecule has 0 aliphatic heterocycles. The quantitative estimate of drug-likeness (QED) is 0.437. The summed E-state index contributed by atoms with van der Waals surface area (Å²) in [6.45, 7) is 0.687. The molecule has 0 heterocycles. The van der Waals surface area contributed by atoms with E-state index in [1.165, 1.54) is 56.5 Å². The Hall–Kier alpha value is -3.92. The summed E-state index contributed by atoms with van der Waals surface area (Å²) in [5, 5.41) is 5.29. The number of hydrogen-bond acceptors (Lipinski definition) is 8. The summed E-state index contributed by atoms with van der Waals surface area (Å²) in [6.07, 6.45) is 0. The van der Waals surface area contributed by atoms with Gasteiger partial charge in [0.05, 0.1) is 31.0 Å². The number of esters is 3. The van der Waals surface area contributed by atoms with E-state index in [1.54, 1.807) is 0 Å². The van der Waals surface area contributed by atoms with Crippen LogP contribution in [-0.4, -0.2) is 56.6 Å². The van der Waals surface area contributed by atoms with Gasteiger partial charge in [0, 0.05) is 10.6 Å². The second kappa shape index (κ2) is 11.6. The van der Waals surface area contributed by atoms with Gasteiger partial charge in [-0.05, 0) is 49.4 Å². The maximum absolute atomic E-state index is 12.3. The highest BCUT2D eigenvalue weighted by Crippen LogP contribution is 2.20. The molecule has 0 unspecified atom stereocenters. The highest BCUT2D eigenvalue weighted by atomic mass is 35.5. The molecule has 0 aliphatic rings. The van der Waals surface area contributed by atoms with Crippen molar-refractivity contribution in [2.24, 2.45) is 0 Å². The summed E-state index contributed by atoms with van der Waals surface area (Å²) in [5.41, 5.74) is 0.317. The molecule has 1 atom stereocenters. The smallest absolute Gasteiger partial charge is 0.339 e. The first-order valence-corrected chi connectivity index (χ1v) is 9.87. The number of rotatable bonds is 8. The maximum Gasteiger partial charge on any atom is 0.339 e. The second-order valence-electron chi connectivity index (χ2n) is 6.60. The lowest BCUT2D eigenvalue weighted by Crippen LogP contribution is -2.40. The molecule has 11 heteroatoms. The Morgan fingerprint density at radius 3 is 2.12 bits per heavy atom. The third-order valence-corrected chi connectivity index (χ3v) is 4.53. The Morgan fingerprint density at radius 2 is 1.52 bits per heavy atom. The Morgan fingerprint density at radius 1 is 0.909 bits per heavy atom. The van der Waals surface area contributed by atoms with Gasteiger partial charge in [-0.15, -0.1) is 0 Å². The molecular weight excluding hydrogens is 456 g/mol. The van der Waals surface area contributed by atoms with Crippen molar-refractivity contribution in [3.05, 3.63) is 64.2 Å². The summed E-state index contributed by atoms with van der Waals surface area (Å²) >= 11 is 5.78. The third kappa shape index (κ3) is 7.04. The molecule has 0 aliphatic carbocycles. The zero-order chi connectivity index (χ0) is 24.5. The van der Waals surface area contributed by atoms with Crippen molar-refractivity contribution in [2.45, 2.75) is 13.0 Å². The van der Waals surface area contributed by atoms with Crippen LogP contribution in [0.4, 0.5) is 5.69 Å². The van der Waals surface area contributed by atoms with Crippen molar-refractivity contribution in [3.8, 4) is 0 Å². The Balaban J connectivity index is 1.99. The molecule has 2 aromatic rings. The predicted molar refractivity (Wildman–Crippen MR) is 117 cm³/mol. The normalized spacial score (nSPS) is 11.0. The number of hydrogen-bond donors (Lipinski definition) is 2. The van der Waals surface area contributed by atoms with Gasteiger partial charge in [0.1, 0.15) is 6.04 Å². The lowest BCUT2D eigenvalue weighted by molar-refractivity contribution is -0.148. The molecule has 0 radical (unpaired) electrons. The first-order valence-electron chi connectivity index (χ1n) is 9.49. The average Bonchev–Trinajstić information content (AvgIpc) is 2.81. The van der Waals surface area contributed by atoms with E-state index in [0.29, 0.717) is 5.02 Å². The van der Waals surface area contributed by atoms with Crippen molar-refractivity contribution in [1.29, 1.82) is 0 Å². The topological polar surface area (TPSA) is 137 Å². The molecule has 174 valence electrons. The van der Waals surface area contributed by atoms with E-state index in [0.717, 1.165) is 7.11 Å². The molecule has 2 N–H and O–H groups in total. The molecule has 0 saturated carbocycles. The van der Waals surface area contributed by atoms with Gasteiger partial charge in [0.25, 0.3) is 11.8 Å². The van der Waals surface area contributed by atoms with E-state index in [4.69, 9.17) is 16.3 Å². The fourth-order valence-electron chi connectivity index (χ4n) is 2.57. The number of nitrogens with one attached hydrogen (secondary N) is 2. The van der Waals surface area contributed by atoms with E-state index >= 15 is 0 Å². The van der Waals surface area contributed by atoms with Gasteiger partial charge < -0.3 is 24.8 Å². The van der Waals surface area contributed by atoms with Gasteiger partial charge in [-0.3, -0.25) is 9.59 Å². The lowest BCUT2D eigenvalue weighted by Gasteiger charge is -2.14. The Kier molecular flexibility index (Phi) is 8.93. The number of ether oxygens (including phenoxy) is 3. The number of anilines is 1. The predicted octanol–water partition coefficient (Wildman–Crippen LogP) is 2.21. The number of carbonyl (C=O) groups is 5. The van der Waals surface area contributed by atoms with Crippen LogP contribution in [-0.2, 0) is 23.8 Å². The number of methoxy groups -OCH3 is 2. The molecule has 0 bridgehead atoms. The van der Waals surface area contributed by atoms with Crippen LogP contribution in [0.25, 0.3) is 0 Å². The van der Waals surface area contributed by atoms with E-state index in [-0.39, 0.29) is 22.4 Å². The zero-order valence-corrected chi connectivity index (χ0v) is 18.7. The molecule has 0 aromatic heterocycles. The molecule has 33 heavy (non-hydrogen) atoms. The van der Waals surface area contributed by atoms with Gasteiger partial charge in [-0.2, -0.15) is 0 Å². The van der Waals surface area contributed by atoms with Gasteiger partial charge >= 0.3 is 17.9 Å². The summed E-state index contributed by atoms with van der Waals surface area (Å²) in [5.74, 6) is -3.60. The molecule has 0 spiro atoms. The highest BCUT2D eigenvalue weighted by Gasteiger charge is 2.21. The molecule has 2 aromatic carbocycles. The average molecular weight is 477 g/mol. The van der Waals surface area contributed by atoms with Gasteiger partial charge in [-0.1, -0.05) is 11.6 Å². The lowest BCUT2D eigenvalue weighted by atomic mass is 10.1. The van der Waals surface area contributed by atoms with Crippen LogP contribution < -0.4 is 10.6 Å². The van der Waals surface area contributed by atoms with Gasteiger partial charge in [0.15, 0.2) is 6.61 Å². The van der Waals surface area contributed by atoms with Crippen LogP contribution in [0.5, 0.6) is 0 Å². The van der Waals surface area contributed by atoms with Gasteiger partial charge in [-0.25, -0.2) is 14.4 Å². The minimum Gasteiger partial charge on any atom is -0.465 e. The Bertz CT molecular complexity index is 1070. The van der Waals surface area contributed by atoms with E-state index < -0.39 is 42.4 Å². The monoisotopic (exact) mass is 476 g/mol. The van der Waals surface area contributed by atoms with Crippen LogP contribution in [0.2, 0.25) is 5.02 Å². The minimum absolute atomic E-state index is 0.0200. The van der Waals surface area contributed by atoms with Crippen molar-refractivity contribution >= 4 is 47.0 Å². The summed E-state index contributed by atoms with van der Waals surface area (Å²) in [7, 11) is 2.34. The molecule has 2 amide bonds. The van der Waals surface area contributed by atoms with Crippen molar-refractivity contribution < 1.29 is 38.2 Å². The van der Waals surface area contributed by atoms with E-state index in [1.807, 2.05) is 0 Å². The van der Waals surface area contributed by atoms with Crippen molar-refractivity contribution in [2.75, 3.05) is 26.1 Å². The second-order valence-corrected chi connectivity index (χ2v) is 7.04. The van der Waals surface area contributed by atoms with E-state index in [2.05, 4.69) is 20.1 Å². The number of carbonyl (C=O) groups excluding carboxylic acids is 5. The SMILES string of the molecule is COC(=O)c1ccc(C(=O)OC)c(NC(=O)COC(=O)[C@H](C)NC(=O)c2ccc(Cl)cc2)c1. The molecule has 2 rings (SSSR count). The van der Waals surface area contributed by atoms with Crippen LogP contribution in [0.3, 0.4) is 0 Å². The zero-order valence-electron chi connectivity index (χ0n) is 18.0. The number of benzene rings is 2. The molecule has 10 nitrogen and oxygen atoms in total. The first kappa shape index (κ1) is 25.3. The largest absolute Gasteiger partial charge is 0.465 e. The van der Waals surface area contributed by atoms with Crippen LogP contribution in [0, 0.1) is 0 Å². The number of halogens is 1. The summed E-state index contributed by atoms with van der Waals surface area (Å²) in [4.78, 5) is 60.3. The summed E-state index contributed by atoms with van der Waals surface area (Å²) < 4.78 is 14.2.